The van der Waals surface area contributed by atoms with Crippen LogP contribution in [0.25, 0.3) is 0 Å². The van der Waals surface area contributed by atoms with Crippen molar-refractivity contribution in [2.24, 2.45) is 0 Å². The number of rotatable bonds is 2. The van der Waals surface area contributed by atoms with Crippen LogP contribution in [0.4, 0.5) is 10.9 Å². The molecule has 0 bridgehead atoms. The van der Waals surface area contributed by atoms with Crippen LogP contribution in [0.15, 0.2) is 12.3 Å². The van der Waals surface area contributed by atoms with Crippen LogP contribution in [0.5, 0.6) is 0 Å². The molecule has 0 spiro atoms. The summed E-state index contributed by atoms with van der Waals surface area (Å²) >= 11 is 7.04. The predicted octanol–water partition coefficient (Wildman–Crippen LogP) is 2.62. The molecule has 0 fully saturated rings. The predicted molar refractivity (Wildman–Crippen MR) is 72.3 cm³/mol. The Bertz CT molecular complexity index is 543. The van der Waals surface area contributed by atoms with E-state index in [0.717, 1.165) is 0 Å². The van der Waals surface area contributed by atoms with Gasteiger partial charge in [0.15, 0.2) is 5.13 Å². The Labute approximate surface area is 114 Å². The Kier molecular flexibility index (Phi) is 4.69. The van der Waals surface area contributed by atoms with Crippen molar-refractivity contribution in [3.8, 4) is 6.07 Å². The molecule has 1 N–H and O–H groups in total. The second kappa shape index (κ2) is 5.82. The van der Waals surface area contributed by atoms with Gasteiger partial charge in [0.2, 0.25) is 0 Å². The maximum absolute atomic E-state index is 8.65. The van der Waals surface area contributed by atoms with Crippen molar-refractivity contribution in [2.45, 2.75) is 6.92 Å². The van der Waals surface area contributed by atoms with Gasteiger partial charge in [0.25, 0.3) is 0 Å². The lowest BCUT2D eigenvalue weighted by Crippen LogP contribution is -1.96. The van der Waals surface area contributed by atoms with E-state index < -0.39 is 0 Å². The zero-order chi connectivity index (χ0) is 11.5. The van der Waals surface area contributed by atoms with Crippen molar-refractivity contribution in [3.63, 3.8) is 0 Å². The van der Waals surface area contributed by atoms with E-state index in [9.17, 15) is 0 Å². The van der Waals surface area contributed by atoms with Crippen LogP contribution in [0.3, 0.4) is 0 Å². The molecule has 0 saturated heterocycles. The van der Waals surface area contributed by atoms with Crippen molar-refractivity contribution in [1.82, 2.24) is 15.0 Å². The van der Waals surface area contributed by atoms with Gasteiger partial charge in [0, 0.05) is 6.07 Å². The summed E-state index contributed by atoms with van der Waals surface area (Å²) in [6.07, 6.45) is 1.50. The number of aryl methyl sites for hydroxylation is 1. The molecule has 2 heterocycles. The second-order valence-corrected chi connectivity index (χ2v) is 4.31. The van der Waals surface area contributed by atoms with Gasteiger partial charge in [-0.2, -0.15) is 18.8 Å². The minimum absolute atomic E-state index is 0. The highest BCUT2D eigenvalue weighted by Crippen LogP contribution is 2.21. The molecule has 17 heavy (non-hydrogen) atoms. The minimum Gasteiger partial charge on any atom is -0.316 e. The van der Waals surface area contributed by atoms with E-state index in [-0.39, 0.29) is 13.5 Å². The molecule has 0 aliphatic rings. The number of hydrogen-bond acceptors (Lipinski definition) is 6. The molecular formula is C9H8ClN5S2. The number of hydrogen-bond donors (Lipinski definition) is 1. The highest BCUT2D eigenvalue weighted by Gasteiger charge is 2.04. The van der Waals surface area contributed by atoms with Gasteiger partial charge in [-0.1, -0.05) is 22.9 Å². The van der Waals surface area contributed by atoms with Crippen molar-refractivity contribution < 1.29 is 0 Å². The number of halogens is 1. The van der Waals surface area contributed by atoms with E-state index in [2.05, 4.69) is 20.3 Å². The fourth-order valence-electron chi connectivity index (χ4n) is 1.09. The number of nitrogens with one attached hydrogen (secondary N) is 1. The summed E-state index contributed by atoms with van der Waals surface area (Å²) in [5.41, 5.74) is 0. The van der Waals surface area contributed by atoms with Gasteiger partial charge in [-0.15, -0.1) is 0 Å². The smallest absolute Gasteiger partial charge is 0.189 e. The van der Waals surface area contributed by atoms with E-state index in [0.29, 0.717) is 26.8 Å². The Morgan fingerprint density at radius 1 is 1.47 bits per heavy atom. The lowest BCUT2D eigenvalue weighted by molar-refractivity contribution is 1.06. The average molecular weight is 286 g/mol. The molecule has 2 aromatic rings. The SMILES string of the molecule is Cc1nc(Cl)cc(Nc2ncc(C#N)s2)n1.S. The van der Waals surface area contributed by atoms with Crippen LogP contribution in [0.2, 0.25) is 5.15 Å². The third-order valence-corrected chi connectivity index (χ3v) is 2.67. The first-order valence-electron chi connectivity index (χ1n) is 4.31. The molecule has 0 aromatic carbocycles. The summed E-state index contributed by atoms with van der Waals surface area (Å²) < 4.78 is 0. The monoisotopic (exact) mass is 285 g/mol. The van der Waals surface area contributed by atoms with Gasteiger partial charge in [0.05, 0.1) is 6.20 Å². The van der Waals surface area contributed by atoms with Crippen LogP contribution in [0.1, 0.15) is 10.7 Å². The maximum atomic E-state index is 8.65. The summed E-state index contributed by atoms with van der Waals surface area (Å²) in [4.78, 5) is 12.6. The molecule has 0 aliphatic carbocycles. The summed E-state index contributed by atoms with van der Waals surface area (Å²) in [6, 6.07) is 3.61. The van der Waals surface area contributed by atoms with E-state index >= 15 is 0 Å². The third-order valence-electron chi connectivity index (χ3n) is 1.66. The summed E-state index contributed by atoms with van der Waals surface area (Å²) in [7, 11) is 0. The molecule has 8 heteroatoms. The fourth-order valence-corrected chi connectivity index (χ4v) is 1.93. The first kappa shape index (κ1) is 13.7. The molecular weight excluding hydrogens is 278 g/mol. The quantitative estimate of drug-likeness (QED) is 0.859. The molecule has 0 saturated carbocycles. The largest absolute Gasteiger partial charge is 0.316 e. The first-order valence-corrected chi connectivity index (χ1v) is 5.51. The van der Waals surface area contributed by atoms with Crippen molar-refractivity contribution in [1.29, 1.82) is 5.26 Å². The number of nitrogens with zero attached hydrogens (tertiary/aromatic N) is 4. The molecule has 0 amide bonds. The van der Waals surface area contributed by atoms with E-state index in [1.165, 1.54) is 17.5 Å². The van der Waals surface area contributed by atoms with Gasteiger partial charge in [0.1, 0.15) is 27.7 Å². The van der Waals surface area contributed by atoms with E-state index in [1.54, 1.807) is 13.0 Å². The van der Waals surface area contributed by atoms with E-state index in [4.69, 9.17) is 16.9 Å². The molecule has 0 unspecified atom stereocenters. The lowest BCUT2D eigenvalue weighted by atomic mass is 10.5. The molecule has 0 aliphatic heterocycles. The summed E-state index contributed by atoms with van der Waals surface area (Å²) in [5.74, 6) is 1.14. The average Bonchev–Trinajstić information content (AvgIpc) is 2.64. The maximum Gasteiger partial charge on any atom is 0.189 e. The van der Waals surface area contributed by atoms with Crippen molar-refractivity contribution >= 4 is 47.4 Å². The van der Waals surface area contributed by atoms with Gasteiger partial charge < -0.3 is 5.32 Å². The Morgan fingerprint density at radius 2 is 2.24 bits per heavy atom. The highest BCUT2D eigenvalue weighted by atomic mass is 35.5. The fraction of sp³-hybridized carbons (Fsp3) is 0.111. The first-order chi connectivity index (χ1) is 7.67. The topological polar surface area (TPSA) is 74.5 Å². The van der Waals surface area contributed by atoms with Crippen molar-refractivity contribution in [3.05, 3.63) is 28.1 Å². The van der Waals surface area contributed by atoms with Crippen LogP contribution >= 0.6 is 36.4 Å². The standard InChI is InChI=1S/C9H6ClN5S.H2S/c1-5-13-7(10)2-8(14-5)15-9-12-4-6(3-11)16-9;/h2,4H,1H3,(H,12,13,14,15);1H2. The van der Waals surface area contributed by atoms with Crippen molar-refractivity contribution in [2.75, 3.05) is 5.32 Å². The number of anilines is 2. The summed E-state index contributed by atoms with van der Waals surface area (Å²) in [5, 5.41) is 12.6. The van der Waals surface area contributed by atoms with Gasteiger partial charge in [-0.3, -0.25) is 0 Å². The molecule has 5 nitrogen and oxygen atoms in total. The van der Waals surface area contributed by atoms with Gasteiger partial charge >= 0.3 is 0 Å². The molecule has 2 aromatic heterocycles. The lowest BCUT2D eigenvalue weighted by Gasteiger charge is -2.02. The van der Waals surface area contributed by atoms with Gasteiger partial charge in [-0.05, 0) is 6.92 Å². The normalized spacial score (nSPS) is 9.24. The van der Waals surface area contributed by atoms with E-state index in [1.807, 2.05) is 6.07 Å². The molecule has 0 radical (unpaired) electrons. The third kappa shape index (κ3) is 3.56. The zero-order valence-electron chi connectivity index (χ0n) is 8.73. The van der Waals surface area contributed by atoms with Crippen LogP contribution in [0, 0.1) is 18.3 Å². The van der Waals surface area contributed by atoms with Crippen LogP contribution < -0.4 is 5.32 Å². The molecule has 88 valence electrons. The number of nitriles is 1. The minimum atomic E-state index is 0. The molecule has 2 rings (SSSR count). The Hall–Kier alpha value is -1.36. The van der Waals surface area contributed by atoms with Crippen LogP contribution in [-0.4, -0.2) is 15.0 Å². The van der Waals surface area contributed by atoms with Crippen LogP contribution in [-0.2, 0) is 0 Å². The number of aromatic nitrogens is 3. The second-order valence-electron chi connectivity index (χ2n) is 2.89. The van der Waals surface area contributed by atoms with Gasteiger partial charge in [-0.25, -0.2) is 15.0 Å². The zero-order valence-corrected chi connectivity index (χ0v) is 11.3. The highest BCUT2D eigenvalue weighted by molar-refractivity contribution is 7.59. The Morgan fingerprint density at radius 3 is 2.82 bits per heavy atom. The number of thiazole rings is 1. The Balaban J connectivity index is 0.00000144. The molecule has 0 atom stereocenters. The summed E-state index contributed by atoms with van der Waals surface area (Å²) in [6.45, 7) is 1.75.